The van der Waals surface area contributed by atoms with E-state index in [0.717, 1.165) is 12.1 Å². The molecule has 1 aliphatic heterocycles. The van der Waals surface area contributed by atoms with Gasteiger partial charge in [0.25, 0.3) is 5.91 Å². The number of benzene rings is 2. The average Bonchev–Trinajstić information content (AvgIpc) is 2.78. The number of sulfonamides is 1. The summed E-state index contributed by atoms with van der Waals surface area (Å²) in [5, 5.41) is 0. The van der Waals surface area contributed by atoms with Crippen molar-refractivity contribution in [1.82, 2.24) is 9.62 Å². The number of carbonyl (C=O) groups is 1. The maximum absolute atomic E-state index is 13.1. The van der Waals surface area contributed by atoms with Gasteiger partial charge >= 0.3 is 6.18 Å². The summed E-state index contributed by atoms with van der Waals surface area (Å²) >= 11 is 0. The molecular weight excluding hydrogens is 471 g/mol. The summed E-state index contributed by atoms with van der Waals surface area (Å²) in [6, 6.07) is 9.03. The van der Waals surface area contributed by atoms with E-state index in [4.69, 9.17) is 4.74 Å². The van der Waals surface area contributed by atoms with Crippen LogP contribution in [0.2, 0.25) is 0 Å². The highest BCUT2D eigenvalue weighted by Gasteiger charge is 2.31. The van der Waals surface area contributed by atoms with Gasteiger partial charge in [-0.05, 0) is 57.2 Å². The second kappa shape index (κ2) is 10.2. The minimum absolute atomic E-state index is 0.114. The lowest BCUT2D eigenvalue weighted by molar-refractivity contribution is -0.137. The number of piperazine rings is 1. The Morgan fingerprint density at radius 1 is 1.09 bits per heavy atom. The predicted octanol–water partition coefficient (Wildman–Crippen LogP) is 3.75. The second-order valence-corrected chi connectivity index (χ2v) is 9.88. The van der Waals surface area contributed by atoms with Crippen LogP contribution in [0.5, 0.6) is 5.75 Å². The van der Waals surface area contributed by atoms with Gasteiger partial charge in [-0.1, -0.05) is 6.07 Å². The summed E-state index contributed by atoms with van der Waals surface area (Å²) in [5.41, 5.74) is -0.0853. The van der Waals surface area contributed by atoms with Crippen LogP contribution in [0.15, 0.2) is 47.4 Å². The van der Waals surface area contributed by atoms with Crippen molar-refractivity contribution in [3.8, 4) is 5.75 Å². The van der Waals surface area contributed by atoms with Crippen LogP contribution >= 0.6 is 0 Å². The molecule has 1 amide bonds. The Bertz CT molecular complexity index is 1130. The van der Waals surface area contributed by atoms with Gasteiger partial charge in [-0.15, -0.1) is 0 Å². The molecule has 0 radical (unpaired) electrons. The van der Waals surface area contributed by atoms with Crippen LogP contribution in [0, 0.1) is 0 Å². The third kappa shape index (κ3) is 6.01. The van der Waals surface area contributed by atoms with Crippen molar-refractivity contribution in [2.75, 3.05) is 37.7 Å². The third-order valence-electron chi connectivity index (χ3n) is 5.28. The fraction of sp³-hybridized carbons (Fsp3) is 0.435. The summed E-state index contributed by atoms with van der Waals surface area (Å²) in [6.45, 7) is 6.65. The Kier molecular flexibility index (Phi) is 7.77. The van der Waals surface area contributed by atoms with Crippen molar-refractivity contribution >= 4 is 21.6 Å². The number of ether oxygens (including phenoxy) is 1. The highest BCUT2D eigenvalue weighted by atomic mass is 32.2. The molecule has 1 aliphatic rings. The molecule has 0 aliphatic carbocycles. The molecule has 0 unspecified atom stereocenters. The van der Waals surface area contributed by atoms with Gasteiger partial charge in [-0.3, -0.25) is 4.79 Å². The zero-order valence-electron chi connectivity index (χ0n) is 19.2. The molecular formula is C23H28F3N3O4S. The molecule has 1 fully saturated rings. The molecule has 0 aromatic heterocycles. The van der Waals surface area contributed by atoms with E-state index in [2.05, 4.69) is 4.72 Å². The predicted molar refractivity (Wildman–Crippen MR) is 123 cm³/mol. The lowest BCUT2D eigenvalue weighted by Crippen LogP contribution is -2.48. The Morgan fingerprint density at radius 3 is 2.35 bits per heavy atom. The van der Waals surface area contributed by atoms with E-state index in [1.54, 1.807) is 36.6 Å². The molecule has 1 heterocycles. The Labute approximate surface area is 197 Å². The fourth-order valence-electron chi connectivity index (χ4n) is 3.73. The quantitative estimate of drug-likeness (QED) is 0.628. The Morgan fingerprint density at radius 2 is 1.76 bits per heavy atom. The van der Waals surface area contributed by atoms with Gasteiger partial charge in [0.05, 0.1) is 12.2 Å². The highest BCUT2D eigenvalue weighted by molar-refractivity contribution is 7.89. The molecule has 7 nitrogen and oxygen atoms in total. The zero-order chi connectivity index (χ0) is 25.1. The van der Waals surface area contributed by atoms with Gasteiger partial charge in [0, 0.05) is 43.5 Å². The molecule has 186 valence electrons. The van der Waals surface area contributed by atoms with Gasteiger partial charge in [0.15, 0.2) is 0 Å². The summed E-state index contributed by atoms with van der Waals surface area (Å²) < 4.78 is 72.6. The topological polar surface area (TPSA) is 79.0 Å². The van der Waals surface area contributed by atoms with E-state index in [0.29, 0.717) is 18.8 Å². The number of nitrogens with one attached hydrogen (secondary N) is 1. The van der Waals surface area contributed by atoms with E-state index >= 15 is 0 Å². The molecule has 0 atom stereocenters. The van der Waals surface area contributed by atoms with Crippen LogP contribution in [-0.4, -0.2) is 58.1 Å². The number of rotatable bonds is 7. The van der Waals surface area contributed by atoms with Gasteiger partial charge < -0.3 is 14.5 Å². The fourth-order valence-corrected chi connectivity index (χ4v) is 5.15. The van der Waals surface area contributed by atoms with Crippen molar-refractivity contribution in [2.45, 2.75) is 37.9 Å². The lowest BCUT2D eigenvalue weighted by Gasteiger charge is -2.36. The van der Waals surface area contributed by atoms with Crippen LogP contribution in [-0.2, 0) is 16.2 Å². The summed E-state index contributed by atoms with van der Waals surface area (Å²) in [5.74, 6) is -0.200. The monoisotopic (exact) mass is 499 g/mol. The molecule has 34 heavy (non-hydrogen) atoms. The first-order chi connectivity index (χ1) is 15.9. The maximum atomic E-state index is 13.1. The van der Waals surface area contributed by atoms with E-state index in [1.807, 2.05) is 0 Å². The first-order valence-corrected chi connectivity index (χ1v) is 12.4. The van der Waals surface area contributed by atoms with Gasteiger partial charge in [-0.2, -0.15) is 13.2 Å². The van der Waals surface area contributed by atoms with Gasteiger partial charge in [0.2, 0.25) is 10.0 Å². The number of carbonyl (C=O) groups excluding carboxylic acids is 1. The molecule has 0 bridgehead atoms. The van der Waals surface area contributed by atoms with Gasteiger partial charge in [0.1, 0.15) is 10.6 Å². The molecule has 2 aromatic carbocycles. The number of amides is 1. The number of anilines is 1. The van der Waals surface area contributed by atoms with Gasteiger partial charge in [-0.25, -0.2) is 13.1 Å². The molecule has 3 rings (SSSR count). The molecule has 1 saturated heterocycles. The van der Waals surface area contributed by atoms with Crippen LogP contribution in [0.3, 0.4) is 0 Å². The average molecular weight is 500 g/mol. The normalized spacial score (nSPS) is 15.0. The Hall–Kier alpha value is -2.79. The summed E-state index contributed by atoms with van der Waals surface area (Å²) in [6.07, 6.45) is -4.43. The van der Waals surface area contributed by atoms with E-state index in [-0.39, 0.29) is 47.9 Å². The van der Waals surface area contributed by atoms with E-state index < -0.39 is 21.8 Å². The van der Waals surface area contributed by atoms with Crippen molar-refractivity contribution in [2.24, 2.45) is 0 Å². The minimum Gasteiger partial charge on any atom is -0.492 e. The second-order valence-electron chi connectivity index (χ2n) is 8.20. The van der Waals surface area contributed by atoms with E-state index in [9.17, 15) is 26.4 Å². The van der Waals surface area contributed by atoms with Crippen molar-refractivity contribution in [3.63, 3.8) is 0 Å². The highest BCUT2D eigenvalue weighted by Crippen LogP contribution is 2.32. The SMILES string of the molecule is CCOc1ccc(C(=O)N2CCN(c3cccc(C(F)(F)F)c3)CC2)cc1S(=O)(=O)NC(C)C. The van der Waals surface area contributed by atoms with Crippen LogP contribution < -0.4 is 14.4 Å². The minimum atomic E-state index is -4.43. The first kappa shape index (κ1) is 25.8. The number of hydrogen-bond acceptors (Lipinski definition) is 5. The molecule has 11 heteroatoms. The number of halogens is 3. The number of nitrogens with zero attached hydrogens (tertiary/aromatic N) is 2. The van der Waals surface area contributed by atoms with E-state index in [1.165, 1.54) is 24.3 Å². The van der Waals surface area contributed by atoms with Crippen LogP contribution in [0.25, 0.3) is 0 Å². The molecule has 2 aromatic rings. The number of hydrogen-bond donors (Lipinski definition) is 1. The third-order valence-corrected chi connectivity index (χ3v) is 6.96. The summed E-state index contributed by atoms with van der Waals surface area (Å²) in [4.78, 5) is 16.3. The largest absolute Gasteiger partial charge is 0.492 e. The molecule has 1 N–H and O–H groups in total. The van der Waals surface area contributed by atoms with Crippen molar-refractivity contribution < 1.29 is 31.1 Å². The standard InChI is InChI=1S/C23H28F3N3O4S/c1-4-33-20-9-8-17(14-21(20)34(31,32)27-16(2)3)22(30)29-12-10-28(11-13-29)19-7-5-6-18(15-19)23(24,25)26/h5-9,14-16,27H,4,10-13H2,1-3H3. The smallest absolute Gasteiger partial charge is 0.416 e. The molecule has 0 spiro atoms. The van der Waals surface area contributed by atoms with Crippen molar-refractivity contribution in [1.29, 1.82) is 0 Å². The lowest BCUT2D eigenvalue weighted by atomic mass is 10.1. The number of alkyl halides is 3. The maximum Gasteiger partial charge on any atom is 0.416 e. The zero-order valence-corrected chi connectivity index (χ0v) is 20.0. The first-order valence-electron chi connectivity index (χ1n) is 10.9. The molecule has 0 saturated carbocycles. The van der Waals surface area contributed by atoms with Crippen molar-refractivity contribution in [3.05, 3.63) is 53.6 Å². The summed E-state index contributed by atoms with van der Waals surface area (Å²) in [7, 11) is -3.91. The van der Waals surface area contributed by atoms with Crippen LogP contribution in [0.4, 0.5) is 18.9 Å². The van der Waals surface area contributed by atoms with Crippen LogP contribution in [0.1, 0.15) is 36.7 Å². The Balaban J connectivity index is 1.77.